The average Bonchev–Trinajstić information content (AvgIpc) is 2.49. The van der Waals surface area contributed by atoms with E-state index >= 15 is 0 Å². The second kappa shape index (κ2) is 9.15. The van der Waals surface area contributed by atoms with E-state index in [-0.39, 0.29) is 0 Å². The van der Waals surface area contributed by atoms with Crippen LogP contribution in [-0.2, 0) is 11.3 Å². The first-order valence-electron chi connectivity index (χ1n) is 8.22. The van der Waals surface area contributed by atoms with E-state index in [1.807, 2.05) is 0 Å². The fourth-order valence-electron chi connectivity index (χ4n) is 2.96. The van der Waals surface area contributed by atoms with Crippen LogP contribution in [0.4, 0.5) is 0 Å². The van der Waals surface area contributed by atoms with Gasteiger partial charge in [0.05, 0.1) is 0 Å². The van der Waals surface area contributed by atoms with Crippen molar-refractivity contribution < 1.29 is 4.74 Å². The van der Waals surface area contributed by atoms with E-state index in [4.69, 9.17) is 4.74 Å². The lowest BCUT2D eigenvalue weighted by Crippen LogP contribution is -2.33. The molecule has 0 aromatic heterocycles. The maximum atomic E-state index is 5.48. The van der Waals surface area contributed by atoms with E-state index in [1.54, 1.807) is 0 Å². The van der Waals surface area contributed by atoms with Gasteiger partial charge in [0.1, 0.15) is 0 Å². The number of ether oxygens (including phenoxy) is 1. The van der Waals surface area contributed by atoms with Crippen LogP contribution in [0, 0.1) is 5.92 Å². The number of rotatable bonds is 8. The zero-order valence-corrected chi connectivity index (χ0v) is 12.9. The van der Waals surface area contributed by atoms with Crippen LogP contribution in [0.5, 0.6) is 0 Å². The van der Waals surface area contributed by atoms with E-state index in [1.165, 1.54) is 50.8 Å². The van der Waals surface area contributed by atoms with Gasteiger partial charge in [0.2, 0.25) is 0 Å². The molecule has 2 heteroatoms. The summed E-state index contributed by atoms with van der Waals surface area (Å²) in [6.07, 6.45) is 6.44. The molecule has 0 radical (unpaired) electrons. The molecule has 0 unspecified atom stereocenters. The van der Waals surface area contributed by atoms with Gasteiger partial charge in [0.25, 0.3) is 0 Å². The van der Waals surface area contributed by atoms with Gasteiger partial charge in [-0.1, -0.05) is 50.1 Å². The fourth-order valence-corrected chi connectivity index (χ4v) is 2.96. The first-order valence-corrected chi connectivity index (χ1v) is 8.22. The zero-order chi connectivity index (χ0) is 14.0. The van der Waals surface area contributed by atoms with Gasteiger partial charge in [-0.05, 0) is 37.3 Å². The van der Waals surface area contributed by atoms with Gasteiger partial charge in [-0.25, -0.2) is 0 Å². The monoisotopic (exact) mass is 275 g/mol. The van der Waals surface area contributed by atoms with Crippen LogP contribution in [0.15, 0.2) is 30.3 Å². The lowest BCUT2D eigenvalue weighted by atomic mass is 9.99. The van der Waals surface area contributed by atoms with Crippen molar-refractivity contribution in [2.24, 2.45) is 5.92 Å². The second-order valence-electron chi connectivity index (χ2n) is 5.98. The largest absolute Gasteiger partial charge is 0.381 e. The molecule has 0 bridgehead atoms. The topological polar surface area (TPSA) is 12.5 Å². The maximum Gasteiger partial charge on any atom is 0.0469 e. The maximum absolute atomic E-state index is 5.48. The molecule has 0 spiro atoms. The molecular weight excluding hydrogens is 246 g/mol. The first kappa shape index (κ1) is 15.5. The van der Waals surface area contributed by atoms with E-state index in [2.05, 4.69) is 42.2 Å². The Labute approximate surface area is 124 Å². The molecule has 1 heterocycles. The smallest absolute Gasteiger partial charge is 0.0469 e. The third kappa shape index (κ3) is 5.64. The minimum Gasteiger partial charge on any atom is -0.381 e. The number of nitrogens with zero attached hydrogens (tertiary/aromatic N) is 1. The van der Waals surface area contributed by atoms with Crippen LogP contribution in [-0.4, -0.2) is 31.2 Å². The normalized spacial score (nSPS) is 16.7. The Balaban J connectivity index is 1.85. The predicted molar refractivity (Wildman–Crippen MR) is 84.8 cm³/mol. The van der Waals surface area contributed by atoms with E-state index in [0.717, 1.165) is 25.7 Å². The molecule has 0 aliphatic carbocycles. The molecule has 0 amide bonds. The molecule has 0 atom stereocenters. The predicted octanol–water partition coefficient (Wildman–Crippen LogP) is 4.11. The van der Waals surface area contributed by atoms with Crippen molar-refractivity contribution in [2.75, 3.05) is 26.3 Å². The average molecular weight is 275 g/mol. The van der Waals surface area contributed by atoms with Crippen molar-refractivity contribution >= 4 is 0 Å². The Kier molecular flexibility index (Phi) is 7.10. The summed E-state index contributed by atoms with van der Waals surface area (Å²) in [5.41, 5.74) is 1.44. The Morgan fingerprint density at radius 2 is 1.85 bits per heavy atom. The molecule has 112 valence electrons. The van der Waals surface area contributed by atoms with Crippen molar-refractivity contribution in [3.8, 4) is 0 Å². The molecule has 0 saturated carbocycles. The summed E-state index contributed by atoms with van der Waals surface area (Å²) >= 11 is 0. The highest BCUT2D eigenvalue weighted by Crippen LogP contribution is 2.18. The standard InChI is InChI=1S/C18H29NO/c1-2-3-7-12-19(15-17-8-5-4-6-9-17)16-18-10-13-20-14-11-18/h4-6,8-9,18H,2-3,7,10-16H2,1H3. The van der Waals surface area contributed by atoms with Gasteiger partial charge in [0.15, 0.2) is 0 Å². The molecule has 1 aliphatic heterocycles. The van der Waals surface area contributed by atoms with Crippen molar-refractivity contribution in [2.45, 2.75) is 45.6 Å². The molecule has 1 aromatic carbocycles. The SMILES string of the molecule is CCCCCN(Cc1ccccc1)CC1CCOCC1. The van der Waals surface area contributed by atoms with Crippen molar-refractivity contribution in [3.05, 3.63) is 35.9 Å². The molecule has 20 heavy (non-hydrogen) atoms. The van der Waals surface area contributed by atoms with Crippen LogP contribution < -0.4 is 0 Å². The first-order chi connectivity index (χ1) is 9.88. The van der Waals surface area contributed by atoms with Crippen molar-refractivity contribution in [1.82, 2.24) is 4.90 Å². The Hall–Kier alpha value is -0.860. The van der Waals surface area contributed by atoms with Gasteiger partial charge in [-0.3, -0.25) is 4.90 Å². The van der Waals surface area contributed by atoms with E-state index in [0.29, 0.717) is 0 Å². The summed E-state index contributed by atoms with van der Waals surface area (Å²) in [6.45, 7) is 7.77. The lowest BCUT2D eigenvalue weighted by Gasteiger charge is -2.30. The number of unbranched alkanes of at least 4 members (excludes halogenated alkanes) is 2. The Morgan fingerprint density at radius 1 is 1.10 bits per heavy atom. The Morgan fingerprint density at radius 3 is 2.55 bits per heavy atom. The highest BCUT2D eigenvalue weighted by atomic mass is 16.5. The van der Waals surface area contributed by atoms with Gasteiger partial charge in [-0.2, -0.15) is 0 Å². The molecule has 1 aliphatic rings. The van der Waals surface area contributed by atoms with Gasteiger partial charge < -0.3 is 4.74 Å². The lowest BCUT2D eigenvalue weighted by molar-refractivity contribution is 0.0511. The van der Waals surface area contributed by atoms with Gasteiger partial charge >= 0.3 is 0 Å². The summed E-state index contributed by atoms with van der Waals surface area (Å²) in [6, 6.07) is 10.9. The van der Waals surface area contributed by atoms with Gasteiger partial charge in [-0.15, -0.1) is 0 Å². The van der Waals surface area contributed by atoms with Crippen LogP contribution in [0.3, 0.4) is 0 Å². The summed E-state index contributed by atoms with van der Waals surface area (Å²) in [5, 5.41) is 0. The summed E-state index contributed by atoms with van der Waals surface area (Å²) in [7, 11) is 0. The molecular formula is C18H29NO. The van der Waals surface area contributed by atoms with Crippen LogP contribution >= 0.6 is 0 Å². The molecule has 1 fully saturated rings. The van der Waals surface area contributed by atoms with Crippen molar-refractivity contribution in [1.29, 1.82) is 0 Å². The molecule has 2 rings (SSSR count). The van der Waals surface area contributed by atoms with Crippen LogP contribution in [0.1, 0.15) is 44.6 Å². The zero-order valence-electron chi connectivity index (χ0n) is 12.9. The minimum absolute atomic E-state index is 0.828. The number of benzene rings is 1. The highest BCUT2D eigenvalue weighted by molar-refractivity contribution is 5.14. The molecule has 1 saturated heterocycles. The summed E-state index contributed by atoms with van der Waals surface area (Å²) < 4.78 is 5.48. The third-order valence-electron chi connectivity index (χ3n) is 4.18. The van der Waals surface area contributed by atoms with Crippen LogP contribution in [0.25, 0.3) is 0 Å². The quantitative estimate of drug-likeness (QED) is 0.662. The number of hydrogen-bond acceptors (Lipinski definition) is 2. The van der Waals surface area contributed by atoms with Crippen molar-refractivity contribution in [3.63, 3.8) is 0 Å². The van der Waals surface area contributed by atoms with Crippen LogP contribution in [0.2, 0.25) is 0 Å². The Bertz CT molecular complexity index is 346. The fraction of sp³-hybridized carbons (Fsp3) is 0.667. The summed E-state index contributed by atoms with van der Waals surface area (Å²) in [4.78, 5) is 2.65. The highest BCUT2D eigenvalue weighted by Gasteiger charge is 2.17. The second-order valence-corrected chi connectivity index (χ2v) is 5.98. The molecule has 1 aromatic rings. The summed E-state index contributed by atoms with van der Waals surface area (Å²) in [5.74, 6) is 0.828. The minimum atomic E-state index is 0.828. The number of hydrogen-bond donors (Lipinski definition) is 0. The molecule has 2 nitrogen and oxygen atoms in total. The molecule has 0 N–H and O–H groups in total. The van der Waals surface area contributed by atoms with E-state index < -0.39 is 0 Å². The van der Waals surface area contributed by atoms with E-state index in [9.17, 15) is 0 Å². The van der Waals surface area contributed by atoms with Gasteiger partial charge in [0, 0.05) is 26.3 Å². The third-order valence-corrected chi connectivity index (χ3v) is 4.18.